The highest BCUT2D eigenvalue weighted by Crippen LogP contribution is 2.49. The molecular weight excluding hydrogens is 402 g/mol. The van der Waals surface area contributed by atoms with E-state index in [9.17, 15) is 9.59 Å². The van der Waals surface area contributed by atoms with Crippen LogP contribution in [0.5, 0.6) is 5.75 Å². The third-order valence-electron chi connectivity index (χ3n) is 6.46. The first-order chi connectivity index (χ1) is 15.7. The Hall–Kier alpha value is -2.70. The lowest BCUT2D eigenvalue weighted by Gasteiger charge is -2.34. The number of hydrogen-bond acceptors (Lipinski definition) is 5. The Balaban J connectivity index is 1.15. The average Bonchev–Trinajstić information content (AvgIpc) is 3.64. The fourth-order valence-electron chi connectivity index (χ4n) is 4.46. The number of benzene rings is 2. The zero-order valence-corrected chi connectivity index (χ0v) is 18.6. The smallest absolute Gasteiger partial charge is 0.223 e. The Bertz CT molecular complexity index is 892. The molecule has 2 fully saturated rings. The Labute approximate surface area is 190 Å². The maximum Gasteiger partial charge on any atom is 0.223 e. The molecule has 1 saturated carbocycles. The fraction of sp³-hybridized carbons (Fsp3) is 0.462. The van der Waals surface area contributed by atoms with Crippen molar-refractivity contribution in [1.29, 1.82) is 0 Å². The summed E-state index contributed by atoms with van der Waals surface area (Å²) in [6.07, 6.45) is 2.31. The van der Waals surface area contributed by atoms with Crippen molar-refractivity contribution in [2.75, 3.05) is 45.9 Å². The van der Waals surface area contributed by atoms with Crippen molar-refractivity contribution in [2.45, 2.75) is 25.2 Å². The number of carbonyl (C=O) groups excluding carboxylic acids is 2. The maximum atomic E-state index is 12.8. The van der Waals surface area contributed by atoms with Crippen molar-refractivity contribution in [2.24, 2.45) is 11.7 Å². The van der Waals surface area contributed by atoms with Crippen molar-refractivity contribution in [3.63, 3.8) is 0 Å². The Morgan fingerprint density at radius 1 is 0.969 bits per heavy atom. The molecule has 170 valence electrons. The maximum absolute atomic E-state index is 12.8. The van der Waals surface area contributed by atoms with Gasteiger partial charge in [-0.15, -0.1) is 0 Å². The van der Waals surface area contributed by atoms with E-state index in [4.69, 9.17) is 10.5 Å². The topological polar surface area (TPSA) is 75.9 Å². The molecule has 1 amide bonds. The van der Waals surface area contributed by atoms with E-state index in [1.165, 1.54) is 5.56 Å². The van der Waals surface area contributed by atoms with Crippen LogP contribution in [0, 0.1) is 5.92 Å². The highest BCUT2D eigenvalue weighted by atomic mass is 16.5. The third-order valence-corrected chi connectivity index (χ3v) is 6.46. The van der Waals surface area contributed by atoms with E-state index in [1.54, 1.807) is 0 Å². The minimum Gasteiger partial charge on any atom is -0.494 e. The molecule has 1 heterocycles. The van der Waals surface area contributed by atoms with Crippen molar-refractivity contribution < 1.29 is 14.3 Å². The molecule has 0 bridgehead atoms. The molecule has 32 heavy (non-hydrogen) atoms. The standard InChI is InChI=1S/C26H33N3O3/c27-12-11-25(30)29-16-14-28(15-17-29)13-4-18-32-22-9-7-21(8-10-22)26(31)24-19-23(24)20-5-2-1-3-6-20/h1-3,5-10,23-24H,4,11-19,27H2/t23-,24-/m1/s1. The van der Waals surface area contributed by atoms with Crippen LogP contribution in [0.2, 0.25) is 0 Å². The van der Waals surface area contributed by atoms with E-state index in [2.05, 4.69) is 17.0 Å². The monoisotopic (exact) mass is 435 g/mol. The predicted octanol–water partition coefficient (Wildman–Crippen LogP) is 2.93. The first-order valence-corrected chi connectivity index (χ1v) is 11.7. The third kappa shape index (κ3) is 5.75. The van der Waals surface area contributed by atoms with Gasteiger partial charge in [-0.3, -0.25) is 14.5 Å². The van der Waals surface area contributed by atoms with E-state index in [1.807, 2.05) is 47.4 Å². The van der Waals surface area contributed by atoms with Gasteiger partial charge in [0.15, 0.2) is 5.78 Å². The van der Waals surface area contributed by atoms with Crippen molar-refractivity contribution in [1.82, 2.24) is 9.80 Å². The summed E-state index contributed by atoms with van der Waals surface area (Å²) in [5.41, 5.74) is 7.50. The van der Waals surface area contributed by atoms with E-state index >= 15 is 0 Å². The van der Waals surface area contributed by atoms with Gasteiger partial charge in [0.2, 0.25) is 5.91 Å². The van der Waals surface area contributed by atoms with Gasteiger partial charge >= 0.3 is 0 Å². The van der Waals surface area contributed by atoms with E-state index < -0.39 is 0 Å². The summed E-state index contributed by atoms with van der Waals surface area (Å²) in [6.45, 7) is 5.37. The molecule has 0 aromatic heterocycles. The molecule has 1 aliphatic heterocycles. The number of hydrogen-bond donors (Lipinski definition) is 1. The SMILES string of the molecule is NCCC(=O)N1CCN(CCCOc2ccc(C(=O)[C@@H]3C[C@@H]3c3ccccc3)cc2)CC1. The zero-order valence-electron chi connectivity index (χ0n) is 18.6. The second kappa shape index (κ2) is 10.7. The Kier molecular flexibility index (Phi) is 7.55. The number of amides is 1. The minimum absolute atomic E-state index is 0.107. The van der Waals surface area contributed by atoms with Gasteiger partial charge in [-0.2, -0.15) is 0 Å². The number of ether oxygens (including phenoxy) is 1. The Morgan fingerprint density at radius 3 is 2.38 bits per heavy atom. The van der Waals surface area contributed by atoms with Gasteiger partial charge in [0, 0.05) is 57.2 Å². The predicted molar refractivity (Wildman–Crippen MR) is 125 cm³/mol. The molecule has 2 N–H and O–H groups in total. The molecule has 0 spiro atoms. The highest BCUT2D eigenvalue weighted by molar-refractivity contribution is 6.00. The molecule has 2 atom stereocenters. The molecule has 0 unspecified atom stereocenters. The van der Waals surface area contributed by atoms with Gasteiger partial charge in [0.25, 0.3) is 0 Å². The molecule has 2 aliphatic rings. The van der Waals surface area contributed by atoms with Crippen LogP contribution in [0.1, 0.15) is 41.1 Å². The minimum atomic E-state index is 0.107. The largest absolute Gasteiger partial charge is 0.494 e. The normalized spacial score (nSPS) is 20.7. The Morgan fingerprint density at radius 2 is 1.69 bits per heavy atom. The fourth-order valence-corrected chi connectivity index (χ4v) is 4.46. The molecule has 6 nitrogen and oxygen atoms in total. The summed E-state index contributed by atoms with van der Waals surface area (Å²) in [7, 11) is 0. The van der Waals surface area contributed by atoms with E-state index in [0.29, 0.717) is 25.5 Å². The lowest BCUT2D eigenvalue weighted by molar-refractivity contribution is -0.132. The van der Waals surface area contributed by atoms with Crippen LogP contribution in [0.25, 0.3) is 0 Å². The molecular formula is C26H33N3O3. The number of rotatable bonds is 10. The number of carbonyl (C=O) groups is 2. The summed E-state index contributed by atoms with van der Waals surface area (Å²) in [4.78, 5) is 28.9. The summed E-state index contributed by atoms with van der Waals surface area (Å²) in [5.74, 6) is 1.66. The van der Waals surface area contributed by atoms with Crippen LogP contribution < -0.4 is 10.5 Å². The van der Waals surface area contributed by atoms with E-state index in [-0.39, 0.29) is 17.6 Å². The molecule has 6 heteroatoms. The summed E-state index contributed by atoms with van der Waals surface area (Å²) in [6, 6.07) is 17.9. The molecule has 0 radical (unpaired) electrons. The van der Waals surface area contributed by atoms with Gasteiger partial charge in [0.1, 0.15) is 5.75 Å². The van der Waals surface area contributed by atoms with Gasteiger partial charge in [0.05, 0.1) is 6.61 Å². The van der Waals surface area contributed by atoms with Gasteiger partial charge in [-0.05, 0) is 48.6 Å². The average molecular weight is 436 g/mol. The quantitative estimate of drug-likeness (QED) is 0.459. The lowest BCUT2D eigenvalue weighted by atomic mass is 10.0. The van der Waals surface area contributed by atoms with Gasteiger partial charge in [-0.25, -0.2) is 0 Å². The van der Waals surface area contributed by atoms with E-state index in [0.717, 1.165) is 56.9 Å². The van der Waals surface area contributed by atoms with Gasteiger partial charge < -0.3 is 15.4 Å². The summed E-state index contributed by atoms with van der Waals surface area (Å²) < 4.78 is 5.87. The van der Waals surface area contributed by atoms with Crippen molar-refractivity contribution in [3.8, 4) is 5.75 Å². The summed E-state index contributed by atoms with van der Waals surface area (Å²) in [5, 5.41) is 0. The van der Waals surface area contributed by atoms with Crippen molar-refractivity contribution >= 4 is 11.7 Å². The second-order valence-corrected chi connectivity index (χ2v) is 8.71. The van der Waals surface area contributed by atoms with Crippen LogP contribution in [0.3, 0.4) is 0 Å². The number of nitrogens with two attached hydrogens (primary N) is 1. The second-order valence-electron chi connectivity index (χ2n) is 8.71. The van der Waals surface area contributed by atoms with Crippen LogP contribution >= 0.6 is 0 Å². The molecule has 1 aliphatic carbocycles. The van der Waals surface area contributed by atoms with Crippen LogP contribution in [0.4, 0.5) is 0 Å². The number of nitrogens with zero attached hydrogens (tertiary/aromatic N) is 2. The molecule has 2 aromatic carbocycles. The number of ketones is 1. The molecule has 2 aromatic rings. The number of Topliss-reactive ketones (excluding diaryl/α,β-unsaturated/α-hetero) is 1. The summed E-state index contributed by atoms with van der Waals surface area (Å²) >= 11 is 0. The van der Waals surface area contributed by atoms with Crippen LogP contribution in [-0.4, -0.2) is 67.4 Å². The van der Waals surface area contributed by atoms with Crippen molar-refractivity contribution in [3.05, 3.63) is 65.7 Å². The first-order valence-electron chi connectivity index (χ1n) is 11.7. The lowest BCUT2D eigenvalue weighted by Crippen LogP contribution is -2.49. The first kappa shape index (κ1) is 22.5. The van der Waals surface area contributed by atoms with Gasteiger partial charge in [-0.1, -0.05) is 30.3 Å². The molecule has 4 rings (SSSR count). The van der Waals surface area contributed by atoms with Crippen LogP contribution in [-0.2, 0) is 4.79 Å². The number of piperazine rings is 1. The molecule has 1 saturated heterocycles. The zero-order chi connectivity index (χ0) is 22.3. The van der Waals surface area contributed by atoms with Crippen LogP contribution in [0.15, 0.2) is 54.6 Å². The highest BCUT2D eigenvalue weighted by Gasteiger charge is 2.43.